The van der Waals surface area contributed by atoms with Crippen LogP contribution in [0.1, 0.15) is 15.9 Å². The number of hydrogen-bond acceptors (Lipinski definition) is 4. The number of thiocarbonyl (C=S) groups is 1. The van der Waals surface area contributed by atoms with Gasteiger partial charge in [-0.25, -0.2) is 0 Å². The number of amides is 1. The highest BCUT2D eigenvalue weighted by Crippen LogP contribution is 2.30. The molecule has 0 bridgehead atoms. The third-order valence-electron chi connectivity index (χ3n) is 3.92. The van der Waals surface area contributed by atoms with E-state index >= 15 is 0 Å². The molecule has 2 aromatic carbocycles. The van der Waals surface area contributed by atoms with E-state index in [0.29, 0.717) is 17.1 Å². The molecule has 29 heavy (non-hydrogen) atoms. The van der Waals surface area contributed by atoms with Gasteiger partial charge in [-0.05, 0) is 49.0 Å². The molecule has 10 heteroatoms. The molecule has 1 amide bonds. The maximum atomic E-state index is 12.7. The quantitative estimate of drug-likeness (QED) is 0.326. The molecule has 0 aliphatic rings. The van der Waals surface area contributed by atoms with Crippen LogP contribution < -0.4 is 25.4 Å². The molecule has 0 aliphatic carbocycles. The van der Waals surface area contributed by atoms with E-state index in [1.165, 1.54) is 20.3 Å². The van der Waals surface area contributed by atoms with E-state index in [0.717, 1.165) is 11.3 Å². The van der Waals surface area contributed by atoms with Gasteiger partial charge in [0.05, 0.1) is 14.2 Å². The summed E-state index contributed by atoms with van der Waals surface area (Å²) in [6.45, 7) is 1.93. The summed E-state index contributed by atoms with van der Waals surface area (Å²) in [7, 11) is 2.98. The summed E-state index contributed by atoms with van der Waals surface area (Å²) in [6, 6.07) is 12.2. The lowest BCUT2D eigenvalue weighted by molar-refractivity contribution is 0.0934. The van der Waals surface area contributed by atoms with Crippen molar-refractivity contribution in [3.05, 3.63) is 53.6 Å². The van der Waals surface area contributed by atoms with Crippen LogP contribution in [0.5, 0.6) is 11.5 Å². The second-order valence-corrected chi connectivity index (χ2v) is 8.71. The number of nitrogens with one attached hydrogen (secondary N) is 3. The van der Waals surface area contributed by atoms with Crippen LogP contribution in [0, 0.1) is 6.92 Å². The third-order valence-corrected chi connectivity index (χ3v) is 4.79. The van der Waals surface area contributed by atoms with E-state index < -0.39 is 15.9 Å². The van der Waals surface area contributed by atoms with E-state index in [9.17, 15) is 4.79 Å². The zero-order chi connectivity index (χ0) is 21.6. The first-order valence-corrected chi connectivity index (χ1v) is 9.92. The number of aryl methyl sites for hydroxylation is 1. The van der Waals surface area contributed by atoms with Crippen molar-refractivity contribution in [1.82, 2.24) is 10.6 Å². The second-order valence-electron chi connectivity index (χ2n) is 5.93. The van der Waals surface area contributed by atoms with Gasteiger partial charge in [-0.15, -0.1) is 0 Å². The molecule has 3 N–H and O–H groups in total. The highest BCUT2D eigenvalue weighted by atomic mass is 35.6. The van der Waals surface area contributed by atoms with Crippen LogP contribution in [0.3, 0.4) is 0 Å². The number of halogens is 3. The number of anilines is 1. The predicted molar refractivity (Wildman–Crippen MR) is 122 cm³/mol. The normalized spacial score (nSPS) is 11.9. The highest BCUT2D eigenvalue weighted by Gasteiger charge is 2.35. The van der Waals surface area contributed by atoms with Crippen molar-refractivity contribution in [2.24, 2.45) is 0 Å². The molecule has 0 unspecified atom stereocenters. The molecule has 6 nitrogen and oxygen atoms in total. The first-order chi connectivity index (χ1) is 13.7. The minimum atomic E-state index is -1.87. The Morgan fingerprint density at radius 2 is 1.69 bits per heavy atom. The Kier molecular flexibility index (Phi) is 8.22. The average Bonchev–Trinajstić information content (AvgIpc) is 2.67. The highest BCUT2D eigenvalue weighted by molar-refractivity contribution is 7.80. The van der Waals surface area contributed by atoms with Gasteiger partial charge in [0.15, 0.2) is 16.6 Å². The van der Waals surface area contributed by atoms with Gasteiger partial charge in [-0.2, -0.15) is 0 Å². The Bertz CT molecular complexity index is 890. The van der Waals surface area contributed by atoms with Crippen LogP contribution in [0.4, 0.5) is 5.69 Å². The number of carbonyl (C=O) groups is 1. The lowest BCUT2D eigenvalue weighted by Gasteiger charge is -2.28. The molecule has 0 saturated heterocycles. The number of hydrogen-bond donors (Lipinski definition) is 3. The van der Waals surface area contributed by atoms with Crippen molar-refractivity contribution >= 4 is 63.7 Å². The van der Waals surface area contributed by atoms with Crippen LogP contribution in [0.15, 0.2) is 42.5 Å². The van der Waals surface area contributed by atoms with E-state index in [1.807, 2.05) is 31.2 Å². The smallest absolute Gasteiger partial charge is 0.253 e. The van der Waals surface area contributed by atoms with Gasteiger partial charge in [0.2, 0.25) is 3.79 Å². The van der Waals surface area contributed by atoms with E-state index in [4.69, 9.17) is 56.5 Å². The Morgan fingerprint density at radius 3 is 2.28 bits per heavy atom. The maximum absolute atomic E-state index is 12.7. The van der Waals surface area contributed by atoms with Crippen molar-refractivity contribution in [3.8, 4) is 11.5 Å². The summed E-state index contributed by atoms with van der Waals surface area (Å²) in [6.07, 6.45) is -1.10. The SMILES string of the molecule is COc1ccc(C(=O)N[C@@H](NC(=S)Nc2ccccc2C)C(Cl)(Cl)Cl)cc1OC. The summed E-state index contributed by atoms with van der Waals surface area (Å²) >= 11 is 23.4. The van der Waals surface area contributed by atoms with Crippen molar-refractivity contribution in [1.29, 1.82) is 0 Å². The largest absolute Gasteiger partial charge is 0.493 e. The minimum Gasteiger partial charge on any atom is -0.493 e. The number of benzene rings is 2. The molecule has 0 spiro atoms. The molecule has 0 aliphatic heterocycles. The third kappa shape index (κ3) is 6.54. The van der Waals surface area contributed by atoms with Gasteiger partial charge >= 0.3 is 0 Å². The van der Waals surface area contributed by atoms with E-state index in [2.05, 4.69) is 16.0 Å². The van der Waals surface area contributed by atoms with Crippen molar-refractivity contribution < 1.29 is 14.3 Å². The standard InChI is InChI=1S/C19H20Cl3N3O3S/c1-11-6-4-5-7-13(11)23-18(29)25-17(19(20,21)22)24-16(26)12-8-9-14(27-2)15(10-12)28-3/h4-10,17H,1-3H3,(H,24,26)(H2,23,25,29)/t17-/m0/s1. The Labute approximate surface area is 189 Å². The van der Waals surface area contributed by atoms with Crippen molar-refractivity contribution in [3.63, 3.8) is 0 Å². The summed E-state index contributed by atoms with van der Waals surface area (Å²) in [4.78, 5) is 12.7. The maximum Gasteiger partial charge on any atom is 0.253 e. The minimum absolute atomic E-state index is 0.184. The molecule has 156 valence electrons. The summed E-state index contributed by atoms with van der Waals surface area (Å²) in [5, 5.41) is 8.64. The number of carbonyl (C=O) groups excluding carboxylic acids is 1. The summed E-state index contributed by atoms with van der Waals surface area (Å²) < 4.78 is 8.51. The van der Waals surface area contributed by atoms with E-state index in [-0.39, 0.29) is 5.11 Å². The fraction of sp³-hybridized carbons (Fsp3) is 0.263. The number of para-hydroxylation sites is 1. The van der Waals surface area contributed by atoms with Gasteiger partial charge in [0, 0.05) is 11.3 Å². The fourth-order valence-electron chi connectivity index (χ4n) is 2.39. The van der Waals surface area contributed by atoms with Gasteiger partial charge in [0.1, 0.15) is 6.17 Å². The van der Waals surface area contributed by atoms with Crippen LogP contribution in [0.2, 0.25) is 0 Å². The van der Waals surface area contributed by atoms with Gasteiger partial charge in [0.25, 0.3) is 5.91 Å². The lowest BCUT2D eigenvalue weighted by Crippen LogP contribution is -2.56. The molecule has 2 aromatic rings. The molecule has 0 saturated carbocycles. The van der Waals surface area contributed by atoms with Gasteiger partial charge < -0.3 is 25.4 Å². The van der Waals surface area contributed by atoms with Crippen LogP contribution in [-0.2, 0) is 0 Å². The molecule has 2 rings (SSSR count). The fourth-order valence-corrected chi connectivity index (χ4v) is 2.95. The molecule has 1 atom stereocenters. The zero-order valence-electron chi connectivity index (χ0n) is 15.9. The van der Waals surface area contributed by atoms with Gasteiger partial charge in [-0.1, -0.05) is 53.0 Å². The Morgan fingerprint density at radius 1 is 1.03 bits per heavy atom. The molecule has 0 radical (unpaired) electrons. The van der Waals surface area contributed by atoms with Crippen LogP contribution in [-0.4, -0.2) is 35.2 Å². The van der Waals surface area contributed by atoms with E-state index in [1.54, 1.807) is 12.1 Å². The first-order valence-electron chi connectivity index (χ1n) is 8.38. The number of ether oxygens (including phenoxy) is 2. The molecule has 0 aromatic heterocycles. The number of methoxy groups -OCH3 is 2. The van der Waals surface area contributed by atoms with Gasteiger partial charge in [-0.3, -0.25) is 4.79 Å². The molecule has 0 fully saturated rings. The second kappa shape index (κ2) is 10.2. The monoisotopic (exact) mass is 475 g/mol. The van der Waals surface area contributed by atoms with Crippen LogP contribution in [0.25, 0.3) is 0 Å². The number of rotatable bonds is 6. The summed E-state index contributed by atoms with van der Waals surface area (Å²) in [5.41, 5.74) is 2.07. The average molecular weight is 477 g/mol. The molecular formula is C19H20Cl3N3O3S. The number of alkyl halides is 3. The summed E-state index contributed by atoms with van der Waals surface area (Å²) in [5.74, 6) is 0.396. The molecule has 0 heterocycles. The van der Waals surface area contributed by atoms with Crippen LogP contribution >= 0.6 is 47.0 Å². The Hall–Kier alpha value is -1.93. The molecular weight excluding hydrogens is 457 g/mol. The zero-order valence-corrected chi connectivity index (χ0v) is 19.0. The Balaban J connectivity index is 2.13. The lowest BCUT2D eigenvalue weighted by atomic mass is 10.2. The topological polar surface area (TPSA) is 71.6 Å². The van der Waals surface area contributed by atoms with Crippen molar-refractivity contribution in [2.45, 2.75) is 16.9 Å². The predicted octanol–water partition coefficient (Wildman–Crippen LogP) is 4.42. The first kappa shape index (κ1) is 23.3. The van der Waals surface area contributed by atoms with Crippen molar-refractivity contribution in [2.75, 3.05) is 19.5 Å².